The second kappa shape index (κ2) is 9.37. The Morgan fingerprint density at radius 1 is 1.06 bits per heavy atom. The first kappa shape index (κ1) is 17.4. The van der Waals surface area contributed by atoms with Gasteiger partial charge in [0, 0.05) is 18.5 Å². The number of nitrogens with zero attached hydrogens (tertiary/aromatic N) is 1. The summed E-state index contributed by atoms with van der Waals surface area (Å²) >= 11 is 0. The van der Waals surface area contributed by atoms with Gasteiger partial charge in [0.1, 0.15) is 0 Å². The Balaban J connectivity index is 3.49. The van der Waals surface area contributed by atoms with E-state index in [-0.39, 0.29) is 11.8 Å². The Hall–Kier alpha value is -0.570. The van der Waals surface area contributed by atoms with Crippen LogP contribution in [0.4, 0.5) is 0 Å². The largest absolute Gasteiger partial charge is 0.356 e. The van der Waals surface area contributed by atoms with Crippen LogP contribution in [0, 0.1) is 11.8 Å². The van der Waals surface area contributed by atoms with Crippen molar-refractivity contribution in [2.75, 3.05) is 20.1 Å². The fourth-order valence-corrected chi connectivity index (χ4v) is 1.60. The molecule has 1 unspecified atom stereocenters. The van der Waals surface area contributed by atoms with Crippen molar-refractivity contribution in [3.05, 3.63) is 0 Å². The van der Waals surface area contributed by atoms with Gasteiger partial charge in [-0.2, -0.15) is 0 Å². The normalized spacial score (nSPS) is 13.4. The number of unbranched alkanes of at least 4 members (excludes halogenated alkanes) is 2. The molecule has 0 aromatic carbocycles. The lowest BCUT2D eigenvalue weighted by molar-refractivity contribution is -0.125. The van der Waals surface area contributed by atoms with Gasteiger partial charge in [0.2, 0.25) is 5.91 Å². The molecule has 1 N–H and O–H groups in total. The van der Waals surface area contributed by atoms with Crippen LogP contribution in [0.15, 0.2) is 0 Å². The second-order valence-corrected chi connectivity index (χ2v) is 5.96. The van der Waals surface area contributed by atoms with Gasteiger partial charge < -0.3 is 10.2 Å². The van der Waals surface area contributed by atoms with E-state index < -0.39 is 0 Å². The van der Waals surface area contributed by atoms with Crippen LogP contribution in [0.25, 0.3) is 0 Å². The molecule has 0 aliphatic heterocycles. The highest BCUT2D eigenvalue weighted by atomic mass is 16.1. The Morgan fingerprint density at radius 2 is 1.67 bits per heavy atom. The predicted molar refractivity (Wildman–Crippen MR) is 78.6 cm³/mol. The molecule has 0 spiro atoms. The maximum Gasteiger partial charge on any atom is 0.223 e. The van der Waals surface area contributed by atoms with Gasteiger partial charge in [-0.05, 0) is 46.2 Å². The number of hydrogen-bond donors (Lipinski definition) is 1. The molecule has 0 aromatic heterocycles. The van der Waals surface area contributed by atoms with Crippen LogP contribution >= 0.6 is 0 Å². The third-order valence-corrected chi connectivity index (χ3v) is 3.78. The third kappa shape index (κ3) is 7.70. The number of amides is 1. The van der Waals surface area contributed by atoms with Crippen LogP contribution < -0.4 is 5.32 Å². The first-order chi connectivity index (χ1) is 8.36. The van der Waals surface area contributed by atoms with Crippen molar-refractivity contribution in [1.29, 1.82) is 0 Å². The molecule has 108 valence electrons. The zero-order valence-corrected chi connectivity index (χ0v) is 13.1. The second-order valence-electron chi connectivity index (χ2n) is 5.96. The first-order valence-electron chi connectivity index (χ1n) is 7.34. The molecule has 0 aliphatic carbocycles. The number of carbonyl (C=O) groups excluding carboxylic acids is 1. The van der Waals surface area contributed by atoms with Crippen molar-refractivity contribution in [3.8, 4) is 0 Å². The van der Waals surface area contributed by atoms with E-state index in [0.29, 0.717) is 12.0 Å². The highest BCUT2D eigenvalue weighted by Crippen LogP contribution is 2.09. The van der Waals surface area contributed by atoms with E-state index in [2.05, 4.69) is 45.0 Å². The number of rotatable bonds is 9. The van der Waals surface area contributed by atoms with Gasteiger partial charge in [-0.25, -0.2) is 0 Å². The molecule has 0 saturated carbocycles. The van der Waals surface area contributed by atoms with Crippen molar-refractivity contribution in [3.63, 3.8) is 0 Å². The lowest BCUT2D eigenvalue weighted by atomic mass is 9.97. The Labute approximate surface area is 113 Å². The first-order valence-corrected chi connectivity index (χ1v) is 7.34. The summed E-state index contributed by atoms with van der Waals surface area (Å²) in [6.07, 6.45) is 3.49. The molecule has 0 aliphatic rings. The summed E-state index contributed by atoms with van der Waals surface area (Å²) in [6.45, 7) is 12.6. The minimum atomic E-state index is 0.122. The summed E-state index contributed by atoms with van der Waals surface area (Å²) < 4.78 is 0. The van der Waals surface area contributed by atoms with E-state index in [1.165, 1.54) is 12.8 Å². The number of carbonyl (C=O) groups is 1. The molecular weight excluding hydrogens is 224 g/mol. The van der Waals surface area contributed by atoms with Crippen LogP contribution in [0.2, 0.25) is 0 Å². The van der Waals surface area contributed by atoms with Crippen molar-refractivity contribution in [1.82, 2.24) is 10.2 Å². The zero-order chi connectivity index (χ0) is 14.1. The van der Waals surface area contributed by atoms with E-state index in [0.717, 1.165) is 19.5 Å². The van der Waals surface area contributed by atoms with Gasteiger partial charge in [-0.3, -0.25) is 4.79 Å². The van der Waals surface area contributed by atoms with Gasteiger partial charge in [0.25, 0.3) is 0 Å². The molecule has 3 nitrogen and oxygen atoms in total. The predicted octanol–water partition coefficient (Wildman–Crippen LogP) is 2.91. The molecule has 0 radical (unpaired) electrons. The van der Waals surface area contributed by atoms with Crippen LogP contribution in [0.1, 0.15) is 53.9 Å². The molecule has 3 heteroatoms. The minimum Gasteiger partial charge on any atom is -0.356 e. The molecule has 1 atom stereocenters. The minimum absolute atomic E-state index is 0.122. The molecule has 0 fully saturated rings. The smallest absolute Gasteiger partial charge is 0.223 e. The zero-order valence-electron chi connectivity index (χ0n) is 13.1. The molecule has 0 aromatic rings. The van der Waals surface area contributed by atoms with E-state index in [1.54, 1.807) is 0 Å². The lowest BCUT2D eigenvalue weighted by Gasteiger charge is -2.20. The molecule has 0 saturated heterocycles. The molecular formula is C15H32N2O. The topological polar surface area (TPSA) is 32.3 Å². The van der Waals surface area contributed by atoms with E-state index >= 15 is 0 Å². The average Bonchev–Trinajstić information content (AvgIpc) is 2.31. The van der Waals surface area contributed by atoms with E-state index in [1.807, 2.05) is 6.92 Å². The van der Waals surface area contributed by atoms with Crippen LogP contribution in [-0.4, -0.2) is 37.0 Å². The molecule has 18 heavy (non-hydrogen) atoms. The Morgan fingerprint density at radius 3 is 2.17 bits per heavy atom. The van der Waals surface area contributed by atoms with Gasteiger partial charge in [-0.1, -0.05) is 27.2 Å². The summed E-state index contributed by atoms with van der Waals surface area (Å²) in [7, 11) is 2.16. The summed E-state index contributed by atoms with van der Waals surface area (Å²) in [5.41, 5.74) is 0. The molecule has 1 amide bonds. The quantitative estimate of drug-likeness (QED) is 0.643. The number of nitrogens with one attached hydrogen (secondary N) is 1. The highest BCUT2D eigenvalue weighted by molar-refractivity contribution is 5.78. The summed E-state index contributed by atoms with van der Waals surface area (Å²) in [6, 6.07) is 0.622. The fraction of sp³-hybridized carbons (Fsp3) is 0.933. The Bertz CT molecular complexity index is 227. The summed E-state index contributed by atoms with van der Waals surface area (Å²) in [4.78, 5) is 14.1. The van der Waals surface area contributed by atoms with Crippen LogP contribution in [0.5, 0.6) is 0 Å². The van der Waals surface area contributed by atoms with Gasteiger partial charge in [0.05, 0.1) is 0 Å². The summed E-state index contributed by atoms with van der Waals surface area (Å²) in [5, 5.41) is 3.02. The van der Waals surface area contributed by atoms with Crippen LogP contribution in [0.3, 0.4) is 0 Å². The van der Waals surface area contributed by atoms with Crippen molar-refractivity contribution < 1.29 is 4.79 Å². The van der Waals surface area contributed by atoms with Gasteiger partial charge in [0.15, 0.2) is 0 Å². The standard InChI is InChI=1S/C15H32N2O/c1-12(2)14(5)15(18)16-10-8-7-9-11-17(6)13(3)4/h12-14H,7-11H2,1-6H3,(H,16,18). The molecule has 0 heterocycles. The third-order valence-electron chi connectivity index (χ3n) is 3.78. The fourth-order valence-electron chi connectivity index (χ4n) is 1.60. The highest BCUT2D eigenvalue weighted by Gasteiger charge is 2.15. The average molecular weight is 256 g/mol. The monoisotopic (exact) mass is 256 g/mol. The lowest BCUT2D eigenvalue weighted by Crippen LogP contribution is -2.32. The number of hydrogen-bond acceptors (Lipinski definition) is 2. The van der Waals surface area contributed by atoms with Gasteiger partial charge >= 0.3 is 0 Å². The molecule has 0 bridgehead atoms. The maximum absolute atomic E-state index is 11.7. The maximum atomic E-state index is 11.7. The van der Waals surface area contributed by atoms with E-state index in [9.17, 15) is 4.79 Å². The van der Waals surface area contributed by atoms with Crippen molar-refractivity contribution in [2.24, 2.45) is 11.8 Å². The van der Waals surface area contributed by atoms with Crippen LogP contribution in [-0.2, 0) is 4.79 Å². The molecule has 0 rings (SSSR count). The van der Waals surface area contributed by atoms with Gasteiger partial charge in [-0.15, -0.1) is 0 Å². The van der Waals surface area contributed by atoms with E-state index in [4.69, 9.17) is 0 Å². The van der Waals surface area contributed by atoms with Crippen molar-refractivity contribution in [2.45, 2.75) is 59.9 Å². The van der Waals surface area contributed by atoms with Crippen molar-refractivity contribution >= 4 is 5.91 Å². The summed E-state index contributed by atoms with van der Waals surface area (Å²) in [5.74, 6) is 0.742. The SMILES string of the molecule is CC(C)C(C)C(=O)NCCCCCN(C)C(C)C. The Kier molecular flexibility index (Phi) is 9.08.